The molecule has 1 amide bonds. The van der Waals surface area contributed by atoms with Gasteiger partial charge in [0.2, 0.25) is 0 Å². The Bertz CT molecular complexity index is 813. The lowest BCUT2D eigenvalue weighted by atomic mass is 9.75. The van der Waals surface area contributed by atoms with Crippen LogP contribution in [-0.4, -0.2) is 41.5 Å². The number of piperidine rings is 1. The van der Waals surface area contributed by atoms with E-state index < -0.39 is 0 Å². The molecule has 2 fully saturated rings. The molecule has 1 aliphatic heterocycles. The monoisotopic (exact) mass is 368 g/mol. The van der Waals surface area contributed by atoms with Crippen molar-refractivity contribution in [2.45, 2.75) is 44.9 Å². The van der Waals surface area contributed by atoms with Gasteiger partial charge in [0.15, 0.2) is 6.61 Å². The predicted molar refractivity (Wildman–Crippen MR) is 104 cm³/mol. The molecule has 0 unspecified atom stereocenters. The summed E-state index contributed by atoms with van der Waals surface area (Å²) in [6.07, 6.45) is 9.12. The Morgan fingerprint density at radius 1 is 1.11 bits per heavy atom. The van der Waals surface area contributed by atoms with Crippen molar-refractivity contribution in [2.75, 3.05) is 19.7 Å². The number of ether oxygens (including phenoxy) is 1. The maximum absolute atomic E-state index is 12.4. The van der Waals surface area contributed by atoms with Gasteiger partial charge in [-0.1, -0.05) is 37.5 Å². The Hall–Kier alpha value is -2.30. The molecule has 1 aromatic carbocycles. The molecule has 1 saturated heterocycles. The SMILES string of the molecule is O=C(CCc1c[nH]c2ccccc12)OCC(=O)N1CC[C@@H]2CCCC[C@H]2C1. The highest BCUT2D eigenvalue weighted by molar-refractivity contribution is 5.84. The Morgan fingerprint density at radius 2 is 1.93 bits per heavy atom. The molecular weight excluding hydrogens is 340 g/mol. The number of aryl methyl sites for hydroxylation is 1. The standard InChI is InChI=1S/C22H28N2O3/c25-21(24-12-11-16-5-1-2-6-18(16)14-24)15-27-22(26)10-9-17-13-23-20-8-4-3-7-19(17)20/h3-4,7-8,13,16,18,23H,1-2,5-6,9-12,14-15H2/t16-,18-/m0/s1. The predicted octanol–water partition coefficient (Wildman–Crippen LogP) is 3.68. The van der Waals surface area contributed by atoms with Gasteiger partial charge >= 0.3 is 5.97 Å². The van der Waals surface area contributed by atoms with Gasteiger partial charge in [0.05, 0.1) is 0 Å². The van der Waals surface area contributed by atoms with Gasteiger partial charge in [-0.25, -0.2) is 0 Å². The second-order valence-electron chi connectivity index (χ2n) is 7.95. The maximum atomic E-state index is 12.4. The highest BCUT2D eigenvalue weighted by atomic mass is 16.5. The molecule has 2 aromatic rings. The lowest BCUT2D eigenvalue weighted by Crippen LogP contribution is -2.46. The number of rotatable bonds is 5. The van der Waals surface area contributed by atoms with E-state index in [0.29, 0.717) is 18.8 Å². The van der Waals surface area contributed by atoms with Crippen molar-refractivity contribution in [1.82, 2.24) is 9.88 Å². The summed E-state index contributed by atoms with van der Waals surface area (Å²) >= 11 is 0. The number of nitrogens with zero attached hydrogens (tertiary/aromatic N) is 1. The first-order valence-electron chi connectivity index (χ1n) is 10.2. The molecule has 2 heterocycles. The Kier molecular flexibility index (Phi) is 5.46. The third-order valence-corrected chi connectivity index (χ3v) is 6.27. The summed E-state index contributed by atoms with van der Waals surface area (Å²) in [7, 11) is 0. The van der Waals surface area contributed by atoms with E-state index in [1.54, 1.807) is 0 Å². The normalized spacial score (nSPS) is 22.4. The number of carbonyl (C=O) groups excluding carboxylic acids is 2. The number of para-hydroxylation sites is 1. The summed E-state index contributed by atoms with van der Waals surface area (Å²) in [4.78, 5) is 29.6. The van der Waals surface area contributed by atoms with Crippen molar-refractivity contribution in [3.63, 3.8) is 0 Å². The first-order valence-corrected chi connectivity index (χ1v) is 10.2. The molecule has 2 atom stereocenters. The van der Waals surface area contributed by atoms with E-state index in [2.05, 4.69) is 4.98 Å². The molecule has 0 bridgehead atoms. The number of aromatic nitrogens is 1. The Labute approximate surface area is 160 Å². The van der Waals surface area contributed by atoms with Crippen LogP contribution in [0.1, 0.15) is 44.1 Å². The number of nitrogens with one attached hydrogen (secondary N) is 1. The van der Waals surface area contributed by atoms with Gasteiger partial charge in [-0.2, -0.15) is 0 Å². The minimum Gasteiger partial charge on any atom is -0.456 e. The van der Waals surface area contributed by atoms with E-state index in [-0.39, 0.29) is 18.5 Å². The van der Waals surface area contributed by atoms with E-state index >= 15 is 0 Å². The van der Waals surface area contributed by atoms with Gasteiger partial charge in [0.1, 0.15) is 0 Å². The van der Waals surface area contributed by atoms with Crippen molar-refractivity contribution < 1.29 is 14.3 Å². The zero-order chi connectivity index (χ0) is 18.6. The summed E-state index contributed by atoms with van der Waals surface area (Å²) in [5.74, 6) is 1.09. The van der Waals surface area contributed by atoms with Crippen molar-refractivity contribution >= 4 is 22.8 Å². The Balaban J connectivity index is 1.22. The van der Waals surface area contributed by atoms with Crippen LogP contribution in [0.25, 0.3) is 10.9 Å². The van der Waals surface area contributed by atoms with Crippen LogP contribution in [0.4, 0.5) is 0 Å². The fourth-order valence-electron chi connectivity index (χ4n) is 4.71. The second kappa shape index (κ2) is 8.15. The average molecular weight is 368 g/mol. The summed E-state index contributed by atoms with van der Waals surface area (Å²) in [6.45, 7) is 1.54. The molecule has 1 saturated carbocycles. The molecule has 1 aliphatic carbocycles. The number of fused-ring (bicyclic) bond motifs is 2. The van der Waals surface area contributed by atoms with Crippen LogP contribution in [0.2, 0.25) is 0 Å². The quantitative estimate of drug-likeness (QED) is 0.819. The molecule has 5 heteroatoms. The number of likely N-dealkylation sites (tertiary alicyclic amines) is 1. The van der Waals surface area contributed by atoms with Crippen LogP contribution in [0, 0.1) is 11.8 Å². The number of esters is 1. The van der Waals surface area contributed by atoms with Crippen LogP contribution in [-0.2, 0) is 20.7 Å². The highest BCUT2D eigenvalue weighted by Gasteiger charge is 2.33. The molecule has 0 radical (unpaired) electrons. The summed E-state index contributed by atoms with van der Waals surface area (Å²) in [6, 6.07) is 8.04. The van der Waals surface area contributed by atoms with Gasteiger partial charge in [0, 0.05) is 36.6 Å². The number of amides is 1. The van der Waals surface area contributed by atoms with Crippen molar-refractivity contribution in [3.8, 4) is 0 Å². The van der Waals surface area contributed by atoms with Crippen LogP contribution < -0.4 is 0 Å². The van der Waals surface area contributed by atoms with Gasteiger partial charge in [-0.15, -0.1) is 0 Å². The Morgan fingerprint density at radius 3 is 2.81 bits per heavy atom. The molecule has 5 nitrogen and oxygen atoms in total. The molecule has 144 valence electrons. The van der Waals surface area contributed by atoms with E-state index in [1.165, 1.54) is 25.7 Å². The molecule has 4 rings (SSSR count). The largest absolute Gasteiger partial charge is 0.456 e. The van der Waals surface area contributed by atoms with E-state index in [9.17, 15) is 9.59 Å². The number of benzene rings is 1. The topological polar surface area (TPSA) is 62.4 Å². The number of H-pyrrole nitrogens is 1. The number of carbonyl (C=O) groups is 2. The van der Waals surface area contributed by atoms with E-state index in [1.807, 2.05) is 35.4 Å². The molecule has 1 aromatic heterocycles. The summed E-state index contributed by atoms with van der Waals surface area (Å²) in [5, 5.41) is 1.14. The van der Waals surface area contributed by atoms with Crippen LogP contribution in [0.3, 0.4) is 0 Å². The third kappa shape index (κ3) is 4.18. The van der Waals surface area contributed by atoms with Gasteiger partial charge in [-0.05, 0) is 42.7 Å². The highest BCUT2D eigenvalue weighted by Crippen LogP contribution is 2.36. The number of aromatic amines is 1. The van der Waals surface area contributed by atoms with E-state index in [0.717, 1.165) is 41.9 Å². The zero-order valence-corrected chi connectivity index (χ0v) is 15.8. The van der Waals surface area contributed by atoms with Crippen molar-refractivity contribution in [1.29, 1.82) is 0 Å². The fourth-order valence-corrected chi connectivity index (χ4v) is 4.71. The van der Waals surface area contributed by atoms with Crippen LogP contribution in [0.15, 0.2) is 30.5 Å². The van der Waals surface area contributed by atoms with Gasteiger partial charge in [0.25, 0.3) is 5.91 Å². The molecule has 2 aliphatic rings. The molecule has 0 spiro atoms. The molecule has 1 N–H and O–H groups in total. The maximum Gasteiger partial charge on any atom is 0.306 e. The molecule has 27 heavy (non-hydrogen) atoms. The molecular formula is C22H28N2O3. The average Bonchev–Trinajstić information content (AvgIpc) is 3.13. The smallest absolute Gasteiger partial charge is 0.306 e. The number of hydrogen-bond donors (Lipinski definition) is 1. The second-order valence-corrected chi connectivity index (χ2v) is 7.95. The van der Waals surface area contributed by atoms with E-state index in [4.69, 9.17) is 4.74 Å². The minimum atomic E-state index is -0.304. The lowest BCUT2D eigenvalue weighted by Gasteiger charge is -2.41. The summed E-state index contributed by atoms with van der Waals surface area (Å²) in [5.41, 5.74) is 2.18. The summed E-state index contributed by atoms with van der Waals surface area (Å²) < 4.78 is 5.26. The fraction of sp³-hybridized carbons (Fsp3) is 0.545. The zero-order valence-electron chi connectivity index (χ0n) is 15.8. The van der Waals surface area contributed by atoms with Crippen LogP contribution in [0.5, 0.6) is 0 Å². The third-order valence-electron chi connectivity index (χ3n) is 6.27. The first-order chi connectivity index (χ1) is 13.2. The van der Waals surface area contributed by atoms with Crippen molar-refractivity contribution in [2.24, 2.45) is 11.8 Å². The van der Waals surface area contributed by atoms with Gasteiger partial charge < -0.3 is 14.6 Å². The first kappa shape index (κ1) is 18.1. The number of hydrogen-bond acceptors (Lipinski definition) is 3. The lowest BCUT2D eigenvalue weighted by molar-refractivity contribution is -0.153. The van der Waals surface area contributed by atoms with Gasteiger partial charge in [-0.3, -0.25) is 9.59 Å². The van der Waals surface area contributed by atoms with Crippen LogP contribution >= 0.6 is 0 Å². The minimum absolute atomic E-state index is 0.0422. The van der Waals surface area contributed by atoms with Crippen molar-refractivity contribution in [3.05, 3.63) is 36.0 Å².